The Hall–Kier alpha value is -1.04. The summed E-state index contributed by atoms with van der Waals surface area (Å²) in [7, 11) is 0. The monoisotopic (exact) mass is 465 g/mol. The number of nitrogens with zero attached hydrogens (tertiary/aromatic N) is 1. The molecule has 0 aromatic heterocycles. The van der Waals surface area contributed by atoms with E-state index in [-0.39, 0.29) is 6.10 Å². The highest BCUT2D eigenvalue weighted by Crippen LogP contribution is 2.58. The lowest BCUT2D eigenvalue weighted by atomic mass is 9.63. The lowest BCUT2D eigenvalue weighted by Crippen LogP contribution is -2.35. The van der Waals surface area contributed by atoms with E-state index in [1.807, 2.05) is 0 Å². The van der Waals surface area contributed by atoms with Gasteiger partial charge in [-0.1, -0.05) is 49.6 Å². The second-order valence-electron chi connectivity index (χ2n) is 10.7. The molecule has 0 amide bonds. The van der Waals surface area contributed by atoms with Crippen LogP contribution >= 0.6 is 0 Å². The molecule has 0 bridgehead atoms. The third-order valence-corrected chi connectivity index (χ3v) is 8.49. The molecule has 3 nitrogen and oxygen atoms in total. The van der Waals surface area contributed by atoms with Crippen LogP contribution in [0.1, 0.15) is 78.1 Å². The summed E-state index contributed by atoms with van der Waals surface area (Å²) in [6, 6.07) is 0. The zero-order chi connectivity index (χ0) is 23.8. The van der Waals surface area contributed by atoms with E-state index in [1.165, 1.54) is 44.1 Å². The van der Waals surface area contributed by atoms with E-state index in [2.05, 4.69) is 37.5 Å². The van der Waals surface area contributed by atoms with Crippen LogP contribution in [0.2, 0.25) is 0 Å². The van der Waals surface area contributed by atoms with Crippen molar-refractivity contribution in [3.63, 3.8) is 0 Å². The Bertz CT molecular complexity index is 691. The molecule has 188 valence electrons. The average molecular weight is 466 g/mol. The van der Waals surface area contributed by atoms with Crippen molar-refractivity contribution >= 4 is 0 Å². The van der Waals surface area contributed by atoms with Gasteiger partial charge in [0.15, 0.2) is 0 Å². The summed E-state index contributed by atoms with van der Waals surface area (Å²) in [5, 5.41) is 10.0. The first kappa shape index (κ1) is 26.6. The van der Waals surface area contributed by atoms with Gasteiger partial charge in [0.25, 0.3) is 6.43 Å². The van der Waals surface area contributed by atoms with Crippen LogP contribution in [0, 0.1) is 17.3 Å². The van der Waals surface area contributed by atoms with Crippen molar-refractivity contribution in [3.05, 3.63) is 36.0 Å². The van der Waals surface area contributed by atoms with Crippen LogP contribution < -0.4 is 0 Å². The predicted molar refractivity (Wildman–Crippen MR) is 131 cm³/mol. The Kier molecular flexibility index (Phi) is 10.1. The number of fused-ring (bicyclic) bond motifs is 1. The van der Waals surface area contributed by atoms with Crippen LogP contribution in [0.5, 0.6) is 0 Å². The zero-order valence-corrected chi connectivity index (χ0v) is 20.8. The highest BCUT2D eigenvalue weighted by Gasteiger charge is 2.48. The van der Waals surface area contributed by atoms with E-state index in [4.69, 9.17) is 4.74 Å². The number of aliphatic hydroxyl groups excluding tert-OH is 1. The highest BCUT2D eigenvalue weighted by molar-refractivity contribution is 5.25. The Morgan fingerprint density at radius 1 is 1.33 bits per heavy atom. The Labute approximate surface area is 200 Å². The maximum atomic E-state index is 12.4. The van der Waals surface area contributed by atoms with Crippen LogP contribution in [0.25, 0.3) is 0 Å². The van der Waals surface area contributed by atoms with Crippen molar-refractivity contribution < 1.29 is 18.6 Å². The van der Waals surface area contributed by atoms with Gasteiger partial charge in [0, 0.05) is 13.1 Å². The third kappa shape index (κ3) is 7.22. The molecule has 3 fully saturated rings. The third-order valence-electron chi connectivity index (χ3n) is 8.49. The Morgan fingerprint density at radius 3 is 2.88 bits per heavy atom. The van der Waals surface area contributed by atoms with Crippen molar-refractivity contribution in [1.29, 1.82) is 0 Å². The molecule has 1 saturated heterocycles. The zero-order valence-electron chi connectivity index (χ0n) is 20.8. The van der Waals surface area contributed by atoms with Crippen molar-refractivity contribution in [2.45, 2.75) is 96.7 Å². The molecule has 1 heterocycles. The van der Waals surface area contributed by atoms with Crippen LogP contribution in [-0.2, 0) is 4.74 Å². The molecular formula is C28H45F2NO2. The number of hydrogen-bond donors (Lipinski definition) is 1. The van der Waals surface area contributed by atoms with Gasteiger partial charge in [-0.2, -0.15) is 0 Å². The fraction of sp³-hybridized carbons (Fsp3) is 0.786. The SMILES string of the molecule is C=CC(O)C/C(=C\C=C1/CCCC2(C)C1CC[C@@H]2CCN1CC[C@H](OCC(F)F)C1)CCC. The quantitative estimate of drug-likeness (QED) is 0.332. The smallest absolute Gasteiger partial charge is 0.261 e. The summed E-state index contributed by atoms with van der Waals surface area (Å²) in [4.78, 5) is 2.41. The van der Waals surface area contributed by atoms with E-state index in [1.54, 1.807) is 11.6 Å². The van der Waals surface area contributed by atoms with Gasteiger partial charge < -0.3 is 14.7 Å². The number of ether oxygens (including phenoxy) is 1. The molecule has 2 saturated carbocycles. The van der Waals surface area contributed by atoms with E-state index < -0.39 is 19.1 Å². The van der Waals surface area contributed by atoms with Crippen molar-refractivity contribution in [3.8, 4) is 0 Å². The second kappa shape index (κ2) is 12.6. The van der Waals surface area contributed by atoms with Crippen molar-refractivity contribution in [2.24, 2.45) is 17.3 Å². The summed E-state index contributed by atoms with van der Waals surface area (Å²) >= 11 is 0. The molecule has 0 spiro atoms. The first-order chi connectivity index (χ1) is 15.9. The van der Waals surface area contributed by atoms with Crippen LogP contribution in [0.3, 0.4) is 0 Å². The number of aliphatic hydroxyl groups is 1. The van der Waals surface area contributed by atoms with Gasteiger partial charge in [-0.25, -0.2) is 8.78 Å². The summed E-state index contributed by atoms with van der Waals surface area (Å²) in [5.41, 5.74) is 3.29. The van der Waals surface area contributed by atoms with Crippen molar-refractivity contribution in [2.75, 3.05) is 26.2 Å². The fourth-order valence-electron chi connectivity index (χ4n) is 6.66. The lowest BCUT2D eigenvalue weighted by Gasteiger charge is -2.42. The molecule has 3 unspecified atom stereocenters. The molecule has 0 aromatic carbocycles. The molecule has 5 heteroatoms. The number of alkyl halides is 2. The fourth-order valence-corrected chi connectivity index (χ4v) is 6.66. The number of rotatable bonds is 12. The van der Waals surface area contributed by atoms with E-state index in [9.17, 15) is 13.9 Å². The Morgan fingerprint density at radius 2 is 2.15 bits per heavy atom. The molecule has 0 aromatic rings. The minimum atomic E-state index is -2.37. The van der Waals surface area contributed by atoms with Gasteiger partial charge in [-0.05, 0) is 81.6 Å². The number of halogens is 2. The van der Waals surface area contributed by atoms with Gasteiger partial charge in [0.2, 0.25) is 0 Å². The maximum absolute atomic E-state index is 12.4. The molecule has 1 N–H and O–H groups in total. The summed E-state index contributed by atoms with van der Waals surface area (Å²) in [6.07, 6.45) is 14.6. The largest absolute Gasteiger partial charge is 0.389 e. The maximum Gasteiger partial charge on any atom is 0.261 e. The van der Waals surface area contributed by atoms with Gasteiger partial charge >= 0.3 is 0 Å². The summed E-state index contributed by atoms with van der Waals surface area (Å²) < 4.78 is 30.2. The van der Waals surface area contributed by atoms with E-state index in [0.717, 1.165) is 44.8 Å². The molecule has 3 aliphatic rings. The van der Waals surface area contributed by atoms with Crippen LogP contribution in [0.15, 0.2) is 36.0 Å². The van der Waals surface area contributed by atoms with Crippen LogP contribution in [-0.4, -0.2) is 54.9 Å². The standard InChI is InChI=1S/C28H45F2NO2/c1-4-7-21(18-24(32)5-2)9-10-22-8-6-15-28(3)23(11-12-26(22)28)13-16-31-17-14-25(19-31)33-20-27(29)30/h5,9-10,23-27,32H,2,4,6-8,11-20H2,1,3H3/b21-9-,22-10+/t23-,24?,25+,26?,28?/m1/s1. The van der Waals surface area contributed by atoms with Crippen LogP contribution in [0.4, 0.5) is 8.78 Å². The van der Waals surface area contributed by atoms with Gasteiger partial charge in [0.1, 0.15) is 6.61 Å². The predicted octanol–water partition coefficient (Wildman–Crippen LogP) is 6.54. The lowest BCUT2D eigenvalue weighted by molar-refractivity contribution is -0.0199. The molecule has 0 radical (unpaired) electrons. The first-order valence-corrected chi connectivity index (χ1v) is 13.2. The molecule has 1 aliphatic heterocycles. The number of likely N-dealkylation sites (tertiary alicyclic amines) is 1. The van der Waals surface area contributed by atoms with Crippen molar-refractivity contribution in [1.82, 2.24) is 4.90 Å². The van der Waals surface area contributed by atoms with E-state index >= 15 is 0 Å². The van der Waals surface area contributed by atoms with Gasteiger partial charge in [0.05, 0.1) is 12.2 Å². The molecule has 33 heavy (non-hydrogen) atoms. The van der Waals surface area contributed by atoms with Gasteiger partial charge in [-0.3, -0.25) is 0 Å². The highest BCUT2D eigenvalue weighted by atomic mass is 19.3. The molecule has 5 atom stereocenters. The van der Waals surface area contributed by atoms with E-state index in [0.29, 0.717) is 17.8 Å². The molecule has 2 aliphatic carbocycles. The minimum Gasteiger partial charge on any atom is -0.389 e. The summed E-state index contributed by atoms with van der Waals surface area (Å²) in [5.74, 6) is 1.40. The molecular weight excluding hydrogens is 420 g/mol. The minimum absolute atomic E-state index is 0.0289. The molecule has 3 rings (SSSR count). The number of allylic oxidation sites excluding steroid dienone is 3. The van der Waals surface area contributed by atoms with Gasteiger partial charge in [-0.15, -0.1) is 6.58 Å². The normalized spacial score (nSPS) is 33.1. The second-order valence-corrected chi connectivity index (χ2v) is 10.7. The first-order valence-electron chi connectivity index (χ1n) is 13.2. The Balaban J connectivity index is 1.57. The number of hydrogen-bond acceptors (Lipinski definition) is 3. The average Bonchev–Trinajstić information content (AvgIpc) is 3.38. The topological polar surface area (TPSA) is 32.7 Å². The summed E-state index contributed by atoms with van der Waals surface area (Å²) in [6.45, 7) is 10.8.